The van der Waals surface area contributed by atoms with Crippen molar-refractivity contribution >= 4 is 45.1 Å². The zero-order valence-electron chi connectivity index (χ0n) is 16.3. The fourth-order valence-electron chi connectivity index (χ4n) is 3.52. The van der Waals surface area contributed by atoms with Crippen LogP contribution in [0, 0.1) is 6.92 Å². The molecule has 2 amide bonds. The minimum Gasteiger partial charge on any atom is -0.503 e. The zero-order chi connectivity index (χ0) is 21.4. The van der Waals surface area contributed by atoms with Gasteiger partial charge in [-0.25, -0.2) is 4.90 Å². The molecule has 0 saturated heterocycles. The van der Waals surface area contributed by atoms with E-state index >= 15 is 0 Å². The molecule has 5 nitrogen and oxygen atoms in total. The number of hydrogen-bond donors (Lipinski definition) is 1. The summed E-state index contributed by atoms with van der Waals surface area (Å²) in [4.78, 5) is 27.9. The van der Waals surface area contributed by atoms with Crippen LogP contribution < -0.4 is 9.64 Å². The molecule has 150 valence electrons. The number of para-hydroxylation sites is 1. The standard InChI is InChI=1S/C24H18BrNO4/c1-14-7-3-6-10-20(14)26-23(28)17-9-5-4-8-16(17)18(24(26)29)11-15-12-19(25)22(27)21(13-15)30-2/h3-13,27H,1-2H3/b18-11-. The first kappa shape index (κ1) is 19.9. The van der Waals surface area contributed by atoms with Crippen molar-refractivity contribution in [2.24, 2.45) is 0 Å². The Morgan fingerprint density at radius 1 is 0.967 bits per heavy atom. The van der Waals surface area contributed by atoms with Gasteiger partial charge < -0.3 is 9.84 Å². The van der Waals surface area contributed by atoms with Crippen LogP contribution >= 0.6 is 15.9 Å². The third kappa shape index (κ3) is 3.29. The van der Waals surface area contributed by atoms with Crippen LogP contribution in [0.5, 0.6) is 11.5 Å². The van der Waals surface area contributed by atoms with Crippen LogP contribution in [0.25, 0.3) is 11.6 Å². The second-order valence-electron chi connectivity index (χ2n) is 6.89. The predicted molar refractivity (Wildman–Crippen MR) is 120 cm³/mol. The number of fused-ring (bicyclic) bond motifs is 1. The topological polar surface area (TPSA) is 66.8 Å². The monoisotopic (exact) mass is 463 g/mol. The number of anilines is 1. The quantitative estimate of drug-likeness (QED) is 0.428. The predicted octanol–water partition coefficient (Wildman–Crippen LogP) is 5.20. The van der Waals surface area contributed by atoms with Crippen molar-refractivity contribution < 1.29 is 19.4 Å². The van der Waals surface area contributed by atoms with E-state index in [2.05, 4.69) is 15.9 Å². The second-order valence-corrected chi connectivity index (χ2v) is 7.74. The number of phenols is 1. The summed E-state index contributed by atoms with van der Waals surface area (Å²) in [6.45, 7) is 1.86. The average molecular weight is 464 g/mol. The molecular formula is C24H18BrNO4. The molecule has 0 unspecified atom stereocenters. The Bertz CT molecular complexity index is 1220. The van der Waals surface area contributed by atoms with E-state index in [0.29, 0.717) is 32.4 Å². The first-order valence-electron chi connectivity index (χ1n) is 9.24. The van der Waals surface area contributed by atoms with Gasteiger partial charge in [0, 0.05) is 11.1 Å². The van der Waals surface area contributed by atoms with Gasteiger partial charge in [0.1, 0.15) is 0 Å². The number of imide groups is 1. The number of carbonyl (C=O) groups is 2. The highest BCUT2D eigenvalue weighted by molar-refractivity contribution is 9.10. The lowest BCUT2D eigenvalue weighted by molar-refractivity contribution is -0.112. The van der Waals surface area contributed by atoms with E-state index in [1.54, 1.807) is 54.6 Å². The highest BCUT2D eigenvalue weighted by atomic mass is 79.9. The van der Waals surface area contributed by atoms with Gasteiger partial charge in [-0.1, -0.05) is 36.4 Å². The van der Waals surface area contributed by atoms with Crippen molar-refractivity contribution in [3.8, 4) is 11.5 Å². The van der Waals surface area contributed by atoms with E-state index in [-0.39, 0.29) is 17.4 Å². The number of carbonyl (C=O) groups excluding carboxylic acids is 2. The lowest BCUT2D eigenvalue weighted by atomic mass is 9.91. The number of rotatable bonds is 3. The summed E-state index contributed by atoms with van der Waals surface area (Å²) in [6.07, 6.45) is 1.70. The minimum atomic E-state index is -0.406. The van der Waals surface area contributed by atoms with Gasteiger partial charge in [-0.15, -0.1) is 0 Å². The maximum atomic E-state index is 13.5. The van der Waals surface area contributed by atoms with Gasteiger partial charge in [-0.2, -0.15) is 0 Å². The normalized spacial score (nSPS) is 14.8. The Kier molecular flexibility index (Phi) is 5.18. The van der Waals surface area contributed by atoms with Gasteiger partial charge in [0.15, 0.2) is 11.5 Å². The Hall–Kier alpha value is -3.38. The third-order valence-corrected chi connectivity index (χ3v) is 5.63. The Morgan fingerprint density at radius 2 is 1.63 bits per heavy atom. The summed E-state index contributed by atoms with van der Waals surface area (Å²) in [5, 5.41) is 10.1. The van der Waals surface area contributed by atoms with E-state index in [1.807, 2.05) is 19.1 Å². The molecule has 0 bridgehead atoms. The summed E-state index contributed by atoms with van der Waals surface area (Å²) < 4.78 is 5.66. The molecule has 0 aromatic heterocycles. The molecule has 1 N–H and O–H groups in total. The molecule has 30 heavy (non-hydrogen) atoms. The number of aryl methyl sites for hydroxylation is 1. The lowest BCUT2D eigenvalue weighted by Gasteiger charge is -2.29. The van der Waals surface area contributed by atoms with Crippen LogP contribution in [0.2, 0.25) is 0 Å². The maximum Gasteiger partial charge on any atom is 0.265 e. The zero-order valence-corrected chi connectivity index (χ0v) is 17.9. The van der Waals surface area contributed by atoms with Gasteiger partial charge in [0.05, 0.1) is 17.3 Å². The fourth-order valence-corrected chi connectivity index (χ4v) is 3.98. The number of halogens is 1. The molecule has 3 aromatic rings. The van der Waals surface area contributed by atoms with E-state index in [4.69, 9.17) is 4.74 Å². The average Bonchev–Trinajstić information content (AvgIpc) is 2.75. The van der Waals surface area contributed by atoms with Crippen LogP contribution in [0.3, 0.4) is 0 Å². The summed E-state index contributed by atoms with van der Waals surface area (Å²) in [5.41, 5.74) is 3.43. The van der Waals surface area contributed by atoms with Crippen molar-refractivity contribution in [3.63, 3.8) is 0 Å². The van der Waals surface area contributed by atoms with Gasteiger partial charge >= 0.3 is 0 Å². The molecule has 0 saturated carbocycles. The second kappa shape index (κ2) is 7.80. The van der Waals surface area contributed by atoms with Crippen molar-refractivity contribution in [1.82, 2.24) is 0 Å². The van der Waals surface area contributed by atoms with Crippen LogP contribution in [0.1, 0.15) is 27.0 Å². The van der Waals surface area contributed by atoms with Crippen molar-refractivity contribution in [3.05, 3.63) is 87.4 Å². The number of methoxy groups -OCH3 is 1. The molecule has 0 fully saturated rings. The Labute approximate surface area is 182 Å². The van der Waals surface area contributed by atoms with Gasteiger partial charge in [-0.3, -0.25) is 9.59 Å². The first-order valence-corrected chi connectivity index (χ1v) is 10.0. The van der Waals surface area contributed by atoms with E-state index in [9.17, 15) is 14.7 Å². The molecule has 4 rings (SSSR count). The van der Waals surface area contributed by atoms with Crippen molar-refractivity contribution in [2.75, 3.05) is 12.0 Å². The van der Waals surface area contributed by atoms with E-state index < -0.39 is 5.91 Å². The highest BCUT2D eigenvalue weighted by Gasteiger charge is 2.36. The van der Waals surface area contributed by atoms with Crippen LogP contribution in [-0.2, 0) is 4.79 Å². The molecule has 3 aromatic carbocycles. The minimum absolute atomic E-state index is 0.0215. The lowest BCUT2D eigenvalue weighted by Crippen LogP contribution is -2.42. The van der Waals surface area contributed by atoms with Gasteiger partial charge in [-0.05, 0) is 69.9 Å². The molecular weight excluding hydrogens is 446 g/mol. The fraction of sp³-hybridized carbons (Fsp3) is 0.0833. The molecule has 6 heteroatoms. The van der Waals surface area contributed by atoms with Crippen molar-refractivity contribution in [1.29, 1.82) is 0 Å². The summed E-state index contributed by atoms with van der Waals surface area (Å²) in [5.74, 6) is -0.506. The molecule has 0 spiro atoms. The van der Waals surface area contributed by atoms with Gasteiger partial charge in [0.25, 0.3) is 11.8 Å². The first-order chi connectivity index (χ1) is 14.4. The number of ether oxygens (including phenoxy) is 1. The number of benzene rings is 3. The summed E-state index contributed by atoms with van der Waals surface area (Å²) >= 11 is 3.31. The maximum absolute atomic E-state index is 13.5. The Balaban J connectivity index is 1.93. The molecule has 1 heterocycles. The molecule has 0 radical (unpaired) electrons. The van der Waals surface area contributed by atoms with Crippen LogP contribution in [0.4, 0.5) is 5.69 Å². The number of amides is 2. The van der Waals surface area contributed by atoms with E-state index in [0.717, 1.165) is 5.56 Å². The number of hydrogen-bond acceptors (Lipinski definition) is 4. The largest absolute Gasteiger partial charge is 0.503 e. The smallest absolute Gasteiger partial charge is 0.265 e. The summed E-state index contributed by atoms with van der Waals surface area (Å²) in [6, 6.07) is 17.7. The highest BCUT2D eigenvalue weighted by Crippen LogP contribution is 2.38. The molecule has 0 atom stereocenters. The number of aromatic hydroxyl groups is 1. The third-order valence-electron chi connectivity index (χ3n) is 5.02. The Morgan fingerprint density at radius 3 is 2.33 bits per heavy atom. The SMILES string of the molecule is COc1cc(/C=C2\C(=O)N(c3ccccc3C)C(=O)c3ccccc32)cc(Br)c1O. The van der Waals surface area contributed by atoms with Crippen LogP contribution in [-0.4, -0.2) is 24.0 Å². The summed E-state index contributed by atoms with van der Waals surface area (Å²) in [7, 11) is 1.46. The number of nitrogens with zero attached hydrogens (tertiary/aromatic N) is 1. The van der Waals surface area contributed by atoms with Gasteiger partial charge in [0.2, 0.25) is 0 Å². The molecule has 1 aliphatic heterocycles. The van der Waals surface area contributed by atoms with Crippen molar-refractivity contribution in [2.45, 2.75) is 6.92 Å². The number of phenolic OH excluding ortho intramolecular Hbond substituents is 1. The van der Waals surface area contributed by atoms with Crippen LogP contribution in [0.15, 0.2) is 65.1 Å². The van der Waals surface area contributed by atoms with E-state index in [1.165, 1.54) is 12.0 Å². The molecule has 0 aliphatic carbocycles. The molecule has 1 aliphatic rings.